The molecule has 2 aromatic rings. The van der Waals surface area contributed by atoms with Crippen LogP contribution in [0.1, 0.15) is 16.3 Å². The Balaban J connectivity index is 1.86. The molecule has 0 saturated carbocycles. The van der Waals surface area contributed by atoms with E-state index >= 15 is 0 Å². The van der Waals surface area contributed by atoms with Gasteiger partial charge in [-0.1, -0.05) is 28.1 Å². The van der Waals surface area contributed by atoms with E-state index in [1.54, 1.807) is 6.21 Å². The van der Waals surface area contributed by atoms with Crippen molar-refractivity contribution >= 4 is 39.4 Å². The number of amides is 1. The van der Waals surface area contributed by atoms with E-state index in [1.807, 2.05) is 36.6 Å². The maximum absolute atomic E-state index is 11.6. The fourth-order valence-corrected chi connectivity index (χ4v) is 2.49. The van der Waals surface area contributed by atoms with E-state index in [0.717, 1.165) is 20.7 Å². The Labute approximate surface area is 123 Å². The van der Waals surface area contributed by atoms with Crippen molar-refractivity contribution in [2.75, 3.05) is 0 Å². The van der Waals surface area contributed by atoms with Crippen molar-refractivity contribution in [3.8, 4) is 0 Å². The summed E-state index contributed by atoms with van der Waals surface area (Å²) in [7, 11) is 0. The van der Waals surface area contributed by atoms with E-state index in [9.17, 15) is 4.79 Å². The van der Waals surface area contributed by atoms with Crippen LogP contribution >= 0.6 is 27.3 Å². The van der Waals surface area contributed by atoms with Crippen LogP contribution in [0.5, 0.6) is 0 Å². The molecule has 1 aromatic heterocycles. The van der Waals surface area contributed by atoms with Gasteiger partial charge in [0, 0.05) is 9.85 Å². The molecule has 0 saturated heterocycles. The molecule has 0 aliphatic heterocycles. The number of nitrogens with zero attached hydrogens (tertiary/aromatic N) is 2. The standard InChI is InChI=1S/C13H12BrN3OS/c1-9-16-12(8-19-9)6-13(18)17-15-7-10-3-2-4-11(14)5-10/h2-5,7-8H,6H2,1H3,(H,17,18). The highest BCUT2D eigenvalue weighted by molar-refractivity contribution is 9.10. The lowest BCUT2D eigenvalue weighted by Gasteiger charge is -1.97. The minimum absolute atomic E-state index is 0.170. The molecule has 0 aliphatic carbocycles. The van der Waals surface area contributed by atoms with Crippen molar-refractivity contribution in [3.05, 3.63) is 50.4 Å². The molecule has 0 bridgehead atoms. The second kappa shape index (κ2) is 6.58. The molecule has 0 aliphatic rings. The van der Waals surface area contributed by atoms with Crippen LogP contribution in [0, 0.1) is 6.92 Å². The Hall–Kier alpha value is -1.53. The second-order valence-corrected chi connectivity index (χ2v) is 5.86. The largest absolute Gasteiger partial charge is 0.273 e. The third kappa shape index (κ3) is 4.57. The average Bonchev–Trinajstić information content (AvgIpc) is 2.75. The van der Waals surface area contributed by atoms with Gasteiger partial charge in [0.05, 0.1) is 23.3 Å². The van der Waals surface area contributed by atoms with Gasteiger partial charge in [-0.05, 0) is 24.6 Å². The molecule has 0 radical (unpaired) electrons. The maximum Gasteiger partial charge on any atom is 0.246 e. The van der Waals surface area contributed by atoms with Gasteiger partial charge in [-0.3, -0.25) is 4.79 Å². The average molecular weight is 338 g/mol. The van der Waals surface area contributed by atoms with Gasteiger partial charge in [0.25, 0.3) is 0 Å². The summed E-state index contributed by atoms with van der Waals surface area (Å²) in [5.41, 5.74) is 4.18. The first-order chi connectivity index (χ1) is 9.13. The summed E-state index contributed by atoms with van der Waals surface area (Å²) in [4.78, 5) is 15.8. The van der Waals surface area contributed by atoms with Gasteiger partial charge in [-0.15, -0.1) is 11.3 Å². The first-order valence-corrected chi connectivity index (χ1v) is 7.29. The lowest BCUT2D eigenvalue weighted by atomic mass is 10.2. The summed E-state index contributed by atoms with van der Waals surface area (Å²) >= 11 is 4.91. The zero-order valence-corrected chi connectivity index (χ0v) is 12.7. The molecule has 0 spiro atoms. The number of benzene rings is 1. The van der Waals surface area contributed by atoms with Crippen LogP contribution in [0.4, 0.5) is 0 Å². The van der Waals surface area contributed by atoms with Crippen molar-refractivity contribution in [3.63, 3.8) is 0 Å². The van der Waals surface area contributed by atoms with Crippen LogP contribution in [0.15, 0.2) is 39.2 Å². The van der Waals surface area contributed by atoms with Gasteiger partial charge in [0.15, 0.2) is 0 Å². The predicted octanol–water partition coefficient (Wildman–Crippen LogP) is 2.91. The molecular weight excluding hydrogens is 326 g/mol. The number of aromatic nitrogens is 1. The SMILES string of the molecule is Cc1nc(CC(=O)NN=Cc2cccc(Br)c2)cs1. The van der Waals surface area contributed by atoms with E-state index < -0.39 is 0 Å². The molecule has 0 atom stereocenters. The molecule has 0 fully saturated rings. The molecule has 1 heterocycles. The van der Waals surface area contributed by atoms with E-state index in [-0.39, 0.29) is 12.3 Å². The summed E-state index contributed by atoms with van der Waals surface area (Å²) < 4.78 is 0.973. The number of hydrogen-bond acceptors (Lipinski definition) is 4. The fraction of sp³-hybridized carbons (Fsp3) is 0.154. The number of carbonyl (C=O) groups excluding carboxylic acids is 1. The van der Waals surface area contributed by atoms with Crippen molar-refractivity contribution in [2.24, 2.45) is 5.10 Å². The lowest BCUT2D eigenvalue weighted by Crippen LogP contribution is -2.19. The summed E-state index contributed by atoms with van der Waals surface area (Å²) in [6.45, 7) is 1.91. The quantitative estimate of drug-likeness (QED) is 0.688. The van der Waals surface area contributed by atoms with Crippen LogP contribution in [0.2, 0.25) is 0 Å². The minimum Gasteiger partial charge on any atom is -0.273 e. The summed E-state index contributed by atoms with van der Waals surface area (Å²) in [6, 6.07) is 7.66. The Morgan fingerprint density at radius 2 is 2.42 bits per heavy atom. The van der Waals surface area contributed by atoms with E-state index in [1.165, 1.54) is 11.3 Å². The third-order valence-electron chi connectivity index (χ3n) is 2.26. The van der Waals surface area contributed by atoms with Gasteiger partial charge >= 0.3 is 0 Å². The van der Waals surface area contributed by atoms with Crippen LogP contribution < -0.4 is 5.43 Å². The number of carbonyl (C=O) groups is 1. The number of rotatable bonds is 4. The molecule has 19 heavy (non-hydrogen) atoms. The normalized spacial score (nSPS) is 10.8. The van der Waals surface area contributed by atoms with Gasteiger partial charge in [-0.25, -0.2) is 10.4 Å². The molecule has 6 heteroatoms. The lowest BCUT2D eigenvalue weighted by molar-refractivity contribution is -0.120. The first-order valence-electron chi connectivity index (χ1n) is 5.62. The zero-order chi connectivity index (χ0) is 13.7. The first kappa shape index (κ1) is 13.9. The molecule has 4 nitrogen and oxygen atoms in total. The number of halogens is 1. The predicted molar refractivity (Wildman–Crippen MR) is 80.4 cm³/mol. The Morgan fingerprint density at radius 1 is 1.58 bits per heavy atom. The highest BCUT2D eigenvalue weighted by Crippen LogP contribution is 2.10. The monoisotopic (exact) mass is 337 g/mol. The number of thiazole rings is 1. The topological polar surface area (TPSA) is 54.4 Å². The zero-order valence-electron chi connectivity index (χ0n) is 10.3. The number of aryl methyl sites for hydroxylation is 1. The summed E-state index contributed by atoms with van der Waals surface area (Å²) in [6.07, 6.45) is 1.86. The Morgan fingerprint density at radius 3 is 3.11 bits per heavy atom. The van der Waals surface area contributed by atoms with Crippen LogP contribution in [0.3, 0.4) is 0 Å². The van der Waals surface area contributed by atoms with E-state index in [2.05, 4.69) is 31.4 Å². The summed E-state index contributed by atoms with van der Waals surface area (Å²) in [5, 5.41) is 6.76. The van der Waals surface area contributed by atoms with Crippen LogP contribution in [0.25, 0.3) is 0 Å². The highest BCUT2D eigenvalue weighted by Gasteiger charge is 2.04. The molecule has 1 amide bonds. The number of hydrazone groups is 1. The van der Waals surface area contributed by atoms with Gasteiger partial charge in [0.1, 0.15) is 0 Å². The number of nitrogens with one attached hydrogen (secondary N) is 1. The van der Waals surface area contributed by atoms with Crippen molar-refractivity contribution in [1.82, 2.24) is 10.4 Å². The van der Waals surface area contributed by atoms with Crippen LogP contribution in [-0.4, -0.2) is 17.1 Å². The summed E-state index contributed by atoms with van der Waals surface area (Å²) in [5.74, 6) is -0.170. The third-order valence-corrected chi connectivity index (χ3v) is 3.58. The van der Waals surface area contributed by atoms with Crippen LogP contribution in [-0.2, 0) is 11.2 Å². The fourth-order valence-electron chi connectivity index (χ4n) is 1.46. The molecule has 1 aromatic carbocycles. The van der Waals surface area contributed by atoms with Crippen molar-refractivity contribution in [2.45, 2.75) is 13.3 Å². The molecule has 1 N–H and O–H groups in total. The molecule has 98 valence electrons. The molecular formula is C13H12BrN3OS. The van der Waals surface area contributed by atoms with Crippen molar-refractivity contribution in [1.29, 1.82) is 0 Å². The second-order valence-electron chi connectivity index (χ2n) is 3.88. The minimum atomic E-state index is -0.170. The van der Waals surface area contributed by atoms with Crippen molar-refractivity contribution < 1.29 is 4.79 Å². The Kier molecular flexibility index (Phi) is 4.81. The van der Waals surface area contributed by atoms with Gasteiger partial charge < -0.3 is 0 Å². The smallest absolute Gasteiger partial charge is 0.246 e. The highest BCUT2D eigenvalue weighted by atomic mass is 79.9. The van der Waals surface area contributed by atoms with E-state index in [4.69, 9.17) is 0 Å². The van der Waals surface area contributed by atoms with E-state index in [0.29, 0.717) is 0 Å². The van der Waals surface area contributed by atoms with Gasteiger partial charge in [0.2, 0.25) is 5.91 Å². The molecule has 0 unspecified atom stereocenters. The molecule has 2 rings (SSSR count). The Bertz CT molecular complexity index is 609. The maximum atomic E-state index is 11.6. The number of hydrogen-bond donors (Lipinski definition) is 1. The van der Waals surface area contributed by atoms with Gasteiger partial charge in [-0.2, -0.15) is 5.10 Å².